The minimum absolute atomic E-state index is 0.107. The molecule has 148 valence electrons. The third kappa shape index (κ3) is 5.15. The van der Waals surface area contributed by atoms with Crippen LogP contribution in [0.3, 0.4) is 0 Å². The third-order valence-electron chi connectivity index (χ3n) is 5.45. The quantitative estimate of drug-likeness (QED) is 0.682. The Kier molecular flexibility index (Phi) is 6.58. The van der Waals surface area contributed by atoms with Gasteiger partial charge in [0.15, 0.2) is 11.5 Å². The molecule has 3 rings (SSSR count). The van der Waals surface area contributed by atoms with Gasteiger partial charge in [0.2, 0.25) is 12.7 Å². The van der Waals surface area contributed by atoms with E-state index in [0.717, 1.165) is 24.2 Å². The van der Waals surface area contributed by atoms with Gasteiger partial charge in [-0.05, 0) is 36.5 Å². The number of amides is 1. The molecule has 1 fully saturated rings. The predicted octanol–water partition coefficient (Wildman–Crippen LogP) is 3.52. The summed E-state index contributed by atoms with van der Waals surface area (Å²) in [4.78, 5) is 26.7. The van der Waals surface area contributed by atoms with Crippen LogP contribution in [0.4, 0.5) is 0 Å². The molecule has 1 saturated carbocycles. The van der Waals surface area contributed by atoms with E-state index in [4.69, 9.17) is 14.2 Å². The van der Waals surface area contributed by atoms with Gasteiger partial charge in [-0.1, -0.05) is 32.3 Å². The molecule has 1 aromatic rings. The van der Waals surface area contributed by atoms with Crippen molar-refractivity contribution < 1.29 is 23.8 Å². The number of fused-ring (bicyclic) bond motifs is 1. The van der Waals surface area contributed by atoms with Crippen molar-refractivity contribution in [3.05, 3.63) is 23.8 Å². The fourth-order valence-electron chi connectivity index (χ4n) is 3.89. The van der Waals surface area contributed by atoms with E-state index in [-0.39, 0.29) is 24.6 Å². The van der Waals surface area contributed by atoms with Crippen LogP contribution in [0.15, 0.2) is 18.2 Å². The van der Waals surface area contributed by atoms with E-state index < -0.39 is 0 Å². The van der Waals surface area contributed by atoms with Crippen molar-refractivity contribution in [1.29, 1.82) is 0 Å². The molecule has 2 aliphatic rings. The van der Waals surface area contributed by atoms with Crippen molar-refractivity contribution in [2.45, 2.75) is 52.0 Å². The molecule has 0 bridgehead atoms. The van der Waals surface area contributed by atoms with Gasteiger partial charge >= 0.3 is 5.97 Å². The Bertz CT molecular complexity index is 669. The van der Waals surface area contributed by atoms with Crippen molar-refractivity contribution in [2.24, 2.45) is 11.8 Å². The Labute approximate surface area is 160 Å². The zero-order valence-electron chi connectivity index (χ0n) is 16.2. The first-order valence-electron chi connectivity index (χ1n) is 9.81. The molecule has 27 heavy (non-hydrogen) atoms. The minimum atomic E-state index is -0.362. The van der Waals surface area contributed by atoms with Gasteiger partial charge in [-0.25, -0.2) is 0 Å². The Hall–Kier alpha value is -2.24. The summed E-state index contributed by atoms with van der Waals surface area (Å²) in [6.45, 7) is 2.82. The maximum absolute atomic E-state index is 13.0. The van der Waals surface area contributed by atoms with Crippen LogP contribution >= 0.6 is 0 Å². The zero-order valence-corrected chi connectivity index (χ0v) is 16.2. The van der Waals surface area contributed by atoms with E-state index in [2.05, 4.69) is 0 Å². The molecule has 1 aliphatic carbocycles. The second kappa shape index (κ2) is 9.11. The average Bonchev–Trinajstić information content (AvgIpc) is 3.15. The van der Waals surface area contributed by atoms with Crippen molar-refractivity contribution in [2.75, 3.05) is 20.4 Å². The van der Waals surface area contributed by atoms with Crippen LogP contribution in [0, 0.1) is 11.8 Å². The Morgan fingerprint density at radius 2 is 1.93 bits per heavy atom. The van der Waals surface area contributed by atoms with Crippen molar-refractivity contribution in [3.63, 3.8) is 0 Å². The number of esters is 1. The second-order valence-corrected chi connectivity index (χ2v) is 7.59. The molecule has 6 heteroatoms. The highest BCUT2D eigenvalue weighted by atomic mass is 16.7. The lowest BCUT2D eigenvalue weighted by atomic mass is 9.86. The van der Waals surface area contributed by atoms with Crippen LogP contribution in [0.1, 0.15) is 51.0 Å². The number of hydrogen-bond acceptors (Lipinski definition) is 5. The molecule has 1 atom stereocenters. The third-order valence-corrected chi connectivity index (χ3v) is 5.45. The lowest BCUT2D eigenvalue weighted by Gasteiger charge is -2.28. The lowest BCUT2D eigenvalue weighted by Crippen LogP contribution is -2.37. The van der Waals surface area contributed by atoms with Crippen molar-refractivity contribution in [3.8, 4) is 11.5 Å². The van der Waals surface area contributed by atoms with Gasteiger partial charge in [0.05, 0.1) is 13.0 Å². The Balaban J connectivity index is 1.69. The van der Waals surface area contributed by atoms with Gasteiger partial charge in [-0.2, -0.15) is 0 Å². The van der Waals surface area contributed by atoms with Crippen LogP contribution in [-0.2, 0) is 20.9 Å². The number of nitrogens with zero attached hydrogens (tertiary/aromatic N) is 1. The number of carbonyl (C=O) groups excluding carboxylic acids is 2. The highest BCUT2D eigenvalue weighted by molar-refractivity contribution is 5.78. The standard InChI is InChI=1S/C21H29NO5/c1-15(21(24)25-2)12-22(20(23)11-16-6-4-3-5-7-16)13-17-8-9-18-19(10-17)27-14-26-18/h8-10,15-16H,3-7,11-14H2,1-2H3. The van der Waals surface area contributed by atoms with E-state index in [1.165, 1.54) is 26.4 Å². The zero-order chi connectivity index (χ0) is 19.2. The molecular weight excluding hydrogens is 346 g/mol. The van der Waals surface area contributed by atoms with Gasteiger partial charge in [-0.15, -0.1) is 0 Å². The van der Waals surface area contributed by atoms with Crippen LogP contribution in [-0.4, -0.2) is 37.2 Å². The molecule has 0 spiro atoms. The molecule has 0 radical (unpaired) electrons. The molecular formula is C21H29NO5. The Morgan fingerprint density at radius 3 is 2.67 bits per heavy atom. The minimum Gasteiger partial charge on any atom is -0.469 e. The number of ether oxygens (including phenoxy) is 3. The summed E-state index contributed by atoms with van der Waals surface area (Å²) in [5.74, 6) is 1.33. The molecule has 1 unspecified atom stereocenters. The Morgan fingerprint density at radius 1 is 1.19 bits per heavy atom. The highest BCUT2D eigenvalue weighted by Crippen LogP contribution is 2.33. The molecule has 0 aromatic heterocycles. The number of hydrogen-bond donors (Lipinski definition) is 0. The van der Waals surface area contributed by atoms with Crippen LogP contribution in [0.25, 0.3) is 0 Å². The summed E-state index contributed by atoms with van der Waals surface area (Å²) in [6.07, 6.45) is 6.48. The van der Waals surface area contributed by atoms with Crippen LogP contribution < -0.4 is 9.47 Å². The monoisotopic (exact) mass is 375 g/mol. The van der Waals surface area contributed by atoms with Gasteiger partial charge in [0.1, 0.15) is 0 Å². The molecule has 1 aromatic carbocycles. The molecule has 1 heterocycles. The smallest absolute Gasteiger partial charge is 0.310 e. The topological polar surface area (TPSA) is 65.1 Å². The molecule has 0 N–H and O–H groups in total. The number of carbonyl (C=O) groups is 2. The molecule has 1 aliphatic heterocycles. The fourth-order valence-corrected chi connectivity index (χ4v) is 3.89. The molecule has 0 saturated heterocycles. The second-order valence-electron chi connectivity index (χ2n) is 7.59. The van der Waals surface area contributed by atoms with Crippen molar-refractivity contribution in [1.82, 2.24) is 4.90 Å². The number of methoxy groups -OCH3 is 1. The van der Waals surface area contributed by atoms with Gasteiger partial charge in [0, 0.05) is 19.5 Å². The van der Waals surface area contributed by atoms with E-state index in [9.17, 15) is 9.59 Å². The van der Waals surface area contributed by atoms with Crippen LogP contribution in [0.2, 0.25) is 0 Å². The molecule has 1 amide bonds. The summed E-state index contributed by atoms with van der Waals surface area (Å²) < 4.78 is 15.6. The summed E-state index contributed by atoms with van der Waals surface area (Å²) in [5.41, 5.74) is 0.966. The highest BCUT2D eigenvalue weighted by Gasteiger charge is 2.25. The SMILES string of the molecule is COC(=O)C(C)CN(Cc1ccc2c(c1)OCO2)C(=O)CC1CCCCC1. The maximum Gasteiger partial charge on any atom is 0.310 e. The van der Waals surface area contributed by atoms with E-state index in [1.54, 1.807) is 11.8 Å². The predicted molar refractivity (Wildman–Crippen MR) is 100 cm³/mol. The summed E-state index contributed by atoms with van der Waals surface area (Å²) in [7, 11) is 1.38. The first kappa shape index (κ1) is 19.5. The van der Waals surface area contributed by atoms with E-state index in [0.29, 0.717) is 31.2 Å². The van der Waals surface area contributed by atoms with Gasteiger partial charge in [0.25, 0.3) is 0 Å². The first-order valence-corrected chi connectivity index (χ1v) is 9.81. The van der Waals surface area contributed by atoms with E-state index in [1.807, 2.05) is 18.2 Å². The normalized spacial score (nSPS) is 17.4. The average molecular weight is 375 g/mol. The molecule has 6 nitrogen and oxygen atoms in total. The largest absolute Gasteiger partial charge is 0.469 e. The number of benzene rings is 1. The van der Waals surface area contributed by atoms with E-state index >= 15 is 0 Å². The first-order chi connectivity index (χ1) is 13.1. The summed E-state index contributed by atoms with van der Waals surface area (Å²) in [6, 6.07) is 5.72. The fraction of sp³-hybridized carbons (Fsp3) is 0.619. The number of rotatable bonds is 7. The maximum atomic E-state index is 13.0. The summed E-state index contributed by atoms with van der Waals surface area (Å²) >= 11 is 0. The summed E-state index contributed by atoms with van der Waals surface area (Å²) in [5, 5.41) is 0. The van der Waals surface area contributed by atoms with Crippen LogP contribution in [0.5, 0.6) is 11.5 Å². The van der Waals surface area contributed by atoms with Gasteiger partial charge < -0.3 is 19.1 Å². The lowest BCUT2D eigenvalue weighted by molar-refractivity contribution is -0.146. The van der Waals surface area contributed by atoms with Crippen molar-refractivity contribution >= 4 is 11.9 Å². The van der Waals surface area contributed by atoms with Gasteiger partial charge in [-0.3, -0.25) is 9.59 Å².